The molecule has 1 unspecified atom stereocenters. The molecule has 1 saturated heterocycles. The molecule has 2 heterocycles. The summed E-state index contributed by atoms with van der Waals surface area (Å²) in [4.78, 5) is 34.6. The Morgan fingerprint density at radius 3 is 2.39 bits per heavy atom. The minimum Gasteiger partial charge on any atom is -0.349 e. The summed E-state index contributed by atoms with van der Waals surface area (Å²) in [5.74, 6) is 0.565. The summed E-state index contributed by atoms with van der Waals surface area (Å²) < 4.78 is 0. The van der Waals surface area contributed by atoms with E-state index in [0.717, 1.165) is 42.8 Å². The van der Waals surface area contributed by atoms with E-state index >= 15 is 0 Å². The van der Waals surface area contributed by atoms with Crippen molar-refractivity contribution in [2.75, 3.05) is 26.2 Å². The Morgan fingerprint density at radius 2 is 1.74 bits per heavy atom. The van der Waals surface area contributed by atoms with Gasteiger partial charge >= 0.3 is 0 Å². The van der Waals surface area contributed by atoms with Crippen molar-refractivity contribution in [2.45, 2.75) is 45.2 Å². The van der Waals surface area contributed by atoms with Crippen molar-refractivity contribution in [3.05, 3.63) is 65.5 Å². The number of amides is 2. The third-order valence-electron chi connectivity index (χ3n) is 6.58. The fourth-order valence-corrected chi connectivity index (χ4v) is 4.82. The Kier molecular flexibility index (Phi) is 6.97. The van der Waals surface area contributed by atoms with Crippen LogP contribution in [0.4, 0.5) is 0 Å². The standard InChI is InChI=1S/C25H32N4O2/c1-19-9-11-21(12-10-19)25(31)29-16-14-28(15-17-29)23(20-6-2-3-7-20)24(30)27-18-22-8-4-5-13-26-22/h4-5,8-13,20,23H,2-3,6-7,14-18H2,1H3,(H,27,30). The van der Waals surface area contributed by atoms with Gasteiger partial charge in [0.05, 0.1) is 18.3 Å². The number of hydrogen-bond donors (Lipinski definition) is 1. The number of piperazine rings is 1. The van der Waals surface area contributed by atoms with Crippen LogP contribution < -0.4 is 5.32 Å². The highest BCUT2D eigenvalue weighted by molar-refractivity contribution is 5.94. The van der Waals surface area contributed by atoms with E-state index in [1.807, 2.05) is 54.3 Å². The van der Waals surface area contributed by atoms with Gasteiger partial charge < -0.3 is 10.2 Å². The molecule has 4 rings (SSSR count). The summed E-state index contributed by atoms with van der Waals surface area (Å²) in [5.41, 5.74) is 2.76. The van der Waals surface area contributed by atoms with Gasteiger partial charge in [0.25, 0.3) is 5.91 Å². The number of rotatable bonds is 6. The summed E-state index contributed by atoms with van der Waals surface area (Å²) >= 11 is 0. The van der Waals surface area contributed by atoms with E-state index in [9.17, 15) is 9.59 Å². The Bertz CT molecular complexity index is 870. The molecule has 1 aliphatic carbocycles. The van der Waals surface area contributed by atoms with Gasteiger partial charge in [0, 0.05) is 37.9 Å². The molecule has 0 spiro atoms. The number of nitrogens with zero attached hydrogens (tertiary/aromatic N) is 3. The number of carbonyl (C=O) groups is 2. The molecule has 2 aromatic rings. The van der Waals surface area contributed by atoms with E-state index in [4.69, 9.17) is 0 Å². The molecule has 1 N–H and O–H groups in total. The third kappa shape index (κ3) is 5.31. The maximum Gasteiger partial charge on any atom is 0.253 e. The predicted molar refractivity (Wildman–Crippen MR) is 120 cm³/mol. The lowest BCUT2D eigenvalue weighted by molar-refractivity contribution is -0.129. The average molecular weight is 421 g/mol. The molecule has 1 aliphatic heterocycles. The number of nitrogens with one attached hydrogen (secondary N) is 1. The van der Waals surface area contributed by atoms with Crippen LogP contribution >= 0.6 is 0 Å². The minimum absolute atomic E-state index is 0.0802. The first kappa shape index (κ1) is 21.5. The SMILES string of the molecule is Cc1ccc(C(=O)N2CCN(C(C(=O)NCc3ccccn3)C3CCCC3)CC2)cc1. The van der Waals surface area contributed by atoms with Crippen molar-refractivity contribution in [2.24, 2.45) is 5.92 Å². The van der Waals surface area contributed by atoms with Crippen LogP contribution in [-0.4, -0.2) is 58.8 Å². The highest BCUT2D eigenvalue weighted by atomic mass is 16.2. The van der Waals surface area contributed by atoms with Crippen LogP contribution in [0.3, 0.4) is 0 Å². The zero-order valence-electron chi connectivity index (χ0n) is 18.3. The molecule has 2 aliphatic rings. The fraction of sp³-hybridized carbons (Fsp3) is 0.480. The molecule has 0 radical (unpaired) electrons. The van der Waals surface area contributed by atoms with Crippen LogP contribution in [0, 0.1) is 12.8 Å². The van der Waals surface area contributed by atoms with Gasteiger partial charge in [0.15, 0.2) is 0 Å². The van der Waals surface area contributed by atoms with E-state index in [2.05, 4.69) is 15.2 Å². The van der Waals surface area contributed by atoms with Crippen molar-refractivity contribution < 1.29 is 9.59 Å². The number of aromatic nitrogens is 1. The number of pyridine rings is 1. The number of aryl methyl sites for hydroxylation is 1. The molecule has 1 saturated carbocycles. The van der Waals surface area contributed by atoms with Gasteiger partial charge in [-0.3, -0.25) is 19.5 Å². The van der Waals surface area contributed by atoms with Gasteiger partial charge in [-0.2, -0.15) is 0 Å². The van der Waals surface area contributed by atoms with Crippen molar-refractivity contribution >= 4 is 11.8 Å². The number of hydrogen-bond acceptors (Lipinski definition) is 4. The van der Waals surface area contributed by atoms with Crippen molar-refractivity contribution in [1.29, 1.82) is 0 Å². The van der Waals surface area contributed by atoms with Crippen LogP contribution in [0.2, 0.25) is 0 Å². The van der Waals surface area contributed by atoms with E-state index in [1.54, 1.807) is 6.20 Å². The van der Waals surface area contributed by atoms with Crippen LogP contribution in [0.1, 0.15) is 47.3 Å². The predicted octanol–water partition coefficient (Wildman–Crippen LogP) is 3.02. The molecular formula is C25H32N4O2. The average Bonchev–Trinajstić information content (AvgIpc) is 3.33. The molecule has 0 bridgehead atoms. The van der Waals surface area contributed by atoms with Gasteiger partial charge in [0.2, 0.25) is 5.91 Å². The Hall–Kier alpha value is -2.73. The van der Waals surface area contributed by atoms with Crippen molar-refractivity contribution in [1.82, 2.24) is 20.1 Å². The first-order valence-electron chi connectivity index (χ1n) is 11.4. The topological polar surface area (TPSA) is 65.5 Å². The second-order valence-corrected chi connectivity index (χ2v) is 8.72. The van der Waals surface area contributed by atoms with Crippen LogP contribution in [0.15, 0.2) is 48.7 Å². The van der Waals surface area contributed by atoms with Gasteiger partial charge in [-0.25, -0.2) is 0 Å². The van der Waals surface area contributed by atoms with Crippen LogP contribution in [-0.2, 0) is 11.3 Å². The minimum atomic E-state index is -0.122. The van der Waals surface area contributed by atoms with E-state index in [-0.39, 0.29) is 17.9 Å². The lowest BCUT2D eigenvalue weighted by atomic mass is 9.95. The van der Waals surface area contributed by atoms with E-state index < -0.39 is 0 Å². The number of benzene rings is 1. The lowest BCUT2D eigenvalue weighted by Gasteiger charge is -2.40. The molecule has 6 heteroatoms. The summed E-state index contributed by atoms with van der Waals surface area (Å²) in [6.07, 6.45) is 6.34. The molecule has 31 heavy (non-hydrogen) atoms. The smallest absolute Gasteiger partial charge is 0.253 e. The quantitative estimate of drug-likeness (QED) is 0.780. The van der Waals surface area contributed by atoms with E-state index in [0.29, 0.717) is 25.6 Å². The monoisotopic (exact) mass is 420 g/mol. The number of carbonyl (C=O) groups excluding carboxylic acids is 2. The first-order valence-corrected chi connectivity index (χ1v) is 11.4. The normalized spacial score (nSPS) is 18.7. The second-order valence-electron chi connectivity index (χ2n) is 8.72. The third-order valence-corrected chi connectivity index (χ3v) is 6.58. The van der Waals surface area contributed by atoms with Gasteiger partial charge in [-0.1, -0.05) is 36.6 Å². The highest BCUT2D eigenvalue weighted by Gasteiger charge is 2.37. The highest BCUT2D eigenvalue weighted by Crippen LogP contribution is 2.31. The molecular weight excluding hydrogens is 388 g/mol. The largest absolute Gasteiger partial charge is 0.349 e. The Balaban J connectivity index is 1.38. The van der Waals surface area contributed by atoms with Gasteiger partial charge in [-0.15, -0.1) is 0 Å². The summed E-state index contributed by atoms with van der Waals surface area (Å²) in [6.45, 7) is 5.25. The summed E-state index contributed by atoms with van der Waals surface area (Å²) in [6, 6.07) is 13.4. The molecule has 2 amide bonds. The molecule has 1 atom stereocenters. The Morgan fingerprint density at radius 1 is 1.03 bits per heavy atom. The summed E-state index contributed by atoms with van der Waals surface area (Å²) in [7, 11) is 0. The van der Waals surface area contributed by atoms with Crippen LogP contribution in [0.5, 0.6) is 0 Å². The zero-order valence-corrected chi connectivity index (χ0v) is 18.3. The van der Waals surface area contributed by atoms with Crippen molar-refractivity contribution in [3.63, 3.8) is 0 Å². The van der Waals surface area contributed by atoms with Gasteiger partial charge in [-0.05, 0) is 49.9 Å². The lowest BCUT2D eigenvalue weighted by Crippen LogP contribution is -2.57. The molecule has 1 aromatic carbocycles. The fourth-order valence-electron chi connectivity index (χ4n) is 4.82. The van der Waals surface area contributed by atoms with E-state index in [1.165, 1.54) is 12.8 Å². The van der Waals surface area contributed by atoms with Crippen molar-refractivity contribution in [3.8, 4) is 0 Å². The maximum absolute atomic E-state index is 13.2. The zero-order chi connectivity index (χ0) is 21.6. The Labute approximate surface area is 184 Å². The molecule has 164 valence electrons. The second kappa shape index (κ2) is 10.1. The summed E-state index contributed by atoms with van der Waals surface area (Å²) in [5, 5.41) is 3.11. The molecule has 2 fully saturated rings. The molecule has 1 aromatic heterocycles. The van der Waals surface area contributed by atoms with Crippen LogP contribution in [0.25, 0.3) is 0 Å². The molecule has 6 nitrogen and oxygen atoms in total. The first-order chi connectivity index (χ1) is 15.1. The van der Waals surface area contributed by atoms with Gasteiger partial charge in [0.1, 0.15) is 0 Å². The maximum atomic E-state index is 13.2.